The molecule has 1 amide bonds. The highest BCUT2D eigenvalue weighted by Gasteiger charge is 2.45. The van der Waals surface area contributed by atoms with Crippen LogP contribution in [0, 0.1) is 11.8 Å². The van der Waals surface area contributed by atoms with Gasteiger partial charge in [0, 0.05) is 26.1 Å². The first-order valence-electron chi connectivity index (χ1n) is 7.34. The minimum absolute atomic E-state index is 0.00539. The van der Waals surface area contributed by atoms with Crippen LogP contribution in [-0.4, -0.2) is 43.0 Å². The monoisotopic (exact) mass is 299 g/mol. The van der Waals surface area contributed by atoms with Gasteiger partial charge < -0.3 is 14.1 Å². The van der Waals surface area contributed by atoms with Crippen LogP contribution in [0.25, 0.3) is 0 Å². The summed E-state index contributed by atoms with van der Waals surface area (Å²) in [6.07, 6.45) is 3.34. The van der Waals surface area contributed by atoms with Crippen LogP contribution in [-0.2, 0) is 4.74 Å². The van der Waals surface area contributed by atoms with Gasteiger partial charge in [-0.25, -0.2) is 8.78 Å². The van der Waals surface area contributed by atoms with Crippen LogP contribution in [0.5, 0.6) is 0 Å². The standard InChI is InChI=1S/C15H19F2NO3/c16-15(17)5-6-18(14(19)13-2-1-7-21-13)8-12(15)10-20-9-11-3-4-11/h1-2,7,11-12H,3-6,8-10H2. The van der Waals surface area contributed by atoms with Crippen LogP contribution >= 0.6 is 0 Å². The summed E-state index contributed by atoms with van der Waals surface area (Å²) < 4.78 is 38.4. The van der Waals surface area contributed by atoms with Crippen LogP contribution in [0.3, 0.4) is 0 Å². The summed E-state index contributed by atoms with van der Waals surface area (Å²) >= 11 is 0. The van der Waals surface area contributed by atoms with Crippen molar-refractivity contribution in [1.29, 1.82) is 0 Å². The molecule has 6 heteroatoms. The van der Waals surface area contributed by atoms with Gasteiger partial charge in [0.2, 0.25) is 0 Å². The second-order valence-corrected chi connectivity index (χ2v) is 5.92. The van der Waals surface area contributed by atoms with E-state index in [0.29, 0.717) is 12.5 Å². The maximum Gasteiger partial charge on any atom is 0.289 e. The van der Waals surface area contributed by atoms with Gasteiger partial charge in [0.15, 0.2) is 5.76 Å². The Kier molecular flexibility index (Phi) is 3.97. The zero-order valence-corrected chi connectivity index (χ0v) is 11.8. The number of furan rings is 1. The average molecular weight is 299 g/mol. The van der Waals surface area contributed by atoms with Crippen molar-refractivity contribution >= 4 is 5.91 Å². The van der Waals surface area contributed by atoms with E-state index in [1.165, 1.54) is 11.2 Å². The molecule has 0 spiro atoms. The van der Waals surface area contributed by atoms with E-state index in [1.54, 1.807) is 12.1 Å². The van der Waals surface area contributed by atoms with Crippen molar-refractivity contribution in [2.45, 2.75) is 25.2 Å². The first-order valence-corrected chi connectivity index (χ1v) is 7.34. The van der Waals surface area contributed by atoms with Crippen LogP contribution < -0.4 is 0 Å². The summed E-state index contributed by atoms with van der Waals surface area (Å²) in [7, 11) is 0. The van der Waals surface area contributed by atoms with Crippen molar-refractivity contribution in [1.82, 2.24) is 4.90 Å². The van der Waals surface area contributed by atoms with E-state index in [1.807, 2.05) is 0 Å². The second kappa shape index (κ2) is 5.75. The molecule has 1 saturated carbocycles. The fourth-order valence-corrected chi connectivity index (χ4v) is 2.56. The Hall–Kier alpha value is -1.43. The number of carbonyl (C=O) groups is 1. The number of rotatable bonds is 5. The molecule has 1 aliphatic carbocycles. The number of carbonyl (C=O) groups excluding carboxylic acids is 1. The average Bonchev–Trinajstić information content (AvgIpc) is 3.11. The SMILES string of the molecule is O=C(c1ccco1)N1CCC(F)(F)C(COCC2CC2)C1. The van der Waals surface area contributed by atoms with E-state index in [4.69, 9.17) is 9.15 Å². The Bertz CT molecular complexity index is 485. The summed E-state index contributed by atoms with van der Waals surface area (Å²) in [5.41, 5.74) is 0. The highest BCUT2D eigenvalue weighted by molar-refractivity contribution is 5.91. The van der Waals surface area contributed by atoms with Gasteiger partial charge in [0.1, 0.15) is 0 Å². The molecular weight excluding hydrogens is 280 g/mol. The topological polar surface area (TPSA) is 42.7 Å². The first kappa shape index (κ1) is 14.5. The second-order valence-electron chi connectivity index (χ2n) is 5.92. The van der Waals surface area contributed by atoms with E-state index in [9.17, 15) is 13.6 Å². The predicted molar refractivity (Wildman–Crippen MR) is 71.2 cm³/mol. The van der Waals surface area contributed by atoms with E-state index in [-0.39, 0.29) is 37.8 Å². The van der Waals surface area contributed by atoms with Crippen LogP contribution in [0.15, 0.2) is 22.8 Å². The molecule has 2 heterocycles. The minimum atomic E-state index is -2.77. The van der Waals surface area contributed by atoms with Crippen molar-refractivity contribution in [2.75, 3.05) is 26.3 Å². The fraction of sp³-hybridized carbons (Fsp3) is 0.667. The zero-order valence-electron chi connectivity index (χ0n) is 11.8. The smallest absolute Gasteiger partial charge is 0.289 e. The third-order valence-corrected chi connectivity index (χ3v) is 4.14. The van der Waals surface area contributed by atoms with Gasteiger partial charge in [-0.15, -0.1) is 0 Å². The molecule has 3 rings (SSSR count). The Labute approximate surface area is 122 Å². The van der Waals surface area contributed by atoms with Crippen molar-refractivity contribution < 1.29 is 22.7 Å². The molecule has 0 N–H and O–H groups in total. The molecule has 2 fully saturated rings. The third kappa shape index (κ3) is 3.43. The van der Waals surface area contributed by atoms with Gasteiger partial charge in [-0.05, 0) is 30.9 Å². The number of piperidine rings is 1. The van der Waals surface area contributed by atoms with Gasteiger partial charge >= 0.3 is 0 Å². The fourth-order valence-electron chi connectivity index (χ4n) is 2.56. The molecule has 116 valence electrons. The van der Waals surface area contributed by atoms with Crippen LogP contribution in [0.2, 0.25) is 0 Å². The first-order chi connectivity index (χ1) is 10.1. The summed E-state index contributed by atoms with van der Waals surface area (Å²) in [6, 6.07) is 3.16. The molecule has 4 nitrogen and oxygen atoms in total. The number of likely N-dealkylation sites (tertiary alicyclic amines) is 1. The maximum atomic E-state index is 13.9. The molecule has 1 aliphatic heterocycles. The number of hydrogen-bond acceptors (Lipinski definition) is 3. The van der Waals surface area contributed by atoms with Gasteiger partial charge in [0.25, 0.3) is 11.8 Å². The molecule has 1 atom stereocenters. The number of ether oxygens (including phenoxy) is 1. The Morgan fingerprint density at radius 3 is 2.90 bits per heavy atom. The van der Waals surface area contributed by atoms with Gasteiger partial charge in [-0.3, -0.25) is 4.79 Å². The highest BCUT2D eigenvalue weighted by atomic mass is 19.3. The van der Waals surface area contributed by atoms with Crippen LogP contribution in [0.1, 0.15) is 29.8 Å². The molecule has 1 unspecified atom stereocenters. The molecule has 1 aromatic heterocycles. The third-order valence-electron chi connectivity index (χ3n) is 4.14. The summed E-state index contributed by atoms with van der Waals surface area (Å²) in [5.74, 6) is -3.31. The summed E-state index contributed by atoms with van der Waals surface area (Å²) in [5, 5.41) is 0. The summed E-state index contributed by atoms with van der Waals surface area (Å²) in [4.78, 5) is 13.6. The Morgan fingerprint density at radius 2 is 2.24 bits per heavy atom. The zero-order chi connectivity index (χ0) is 14.9. The van der Waals surface area contributed by atoms with Crippen molar-refractivity contribution in [3.63, 3.8) is 0 Å². The number of amides is 1. The molecule has 21 heavy (non-hydrogen) atoms. The normalized spacial score (nSPS) is 25.0. The van der Waals surface area contributed by atoms with Crippen LogP contribution in [0.4, 0.5) is 8.78 Å². The molecular formula is C15H19F2NO3. The number of nitrogens with zero attached hydrogens (tertiary/aromatic N) is 1. The highest BCUT2D eigenvalue weighted by Crippen LogP contribution is 2.35. The Morgan fingerprint density at radius 1 is 1.43 bits per heavy atom. The quantitative estimate of drug-likeness (QED) is 0.839. The van der Waals surface area contributed by atoms with Crippen molar-refractivity contribution in [2.24, 2.45) is 11.8 Å². The summed E-state index contributed by atoms with van der Waals surface area (Å²) in [6.45, 7) is 0.618. The number of halogens is 2. The van der Waals surface area contributed by atoms with E-state index in [2.05, 4.69) is 0 Å². The molecule has 0 bridgehead atoms. The lowest BCUT2D eigenvalue weighted by molar-refractivity contribution is -0.123. The molecule has 0 aromatic carbocycles. The lowest BCUT2D eigenvalue weighted by Gasteiger charge is -2.37. The van der Waals surface area contributed by atoms with Gasteiger partial charge in [-0.2, -0.15) is 0 Å². The molecule has 0 radical (unpaired) electrons. The molecule has 1 aromatic rings. The Balaban J connectivity index is 1.58. The number of alkyl halides is 2. The molecule has 2 aliphatic rings. The van der Waals surface area contributed by atoms with E-state index < -0.39 is 11.8 Å². The number of hydrogen-bond donors (Lipinski definition) is 0. The van der Waals surface area contributed by atoms with Gasteiger partial charge in [-0.1, -0.05) is 0 Å². The lowest BCUT2D eigenvalue weighted by Crippen LogP contribution is -2.50. The largest absolute Gasteiger partial charge is 0.459 e. The lowest BCUT2D eigenvalue weighted by atomic mass is 9.94. The van der Waals surface area contributed by atoms with E-state index in [0.717, 1.165) is 12.8 Å². The molecule has 1 saturated heterocycles. The predicted octanol–water partition coefficient (Wildman–Crippen LogP) is 2.80. The van der Waals surface area contributed by atoms with Crippen molar-refractivity contribution in [3.8, 4) is 0 Å². The van der Waals surface area contributed by atoms with Gasteiger partial charge in [0.05, 0.1) is 18.8 Å². The maximum absolute atomic E-state index is 13.9. The minimum Gasteiger partial charge on any atom is -0.459 e. The van der Waals surface area contributed by atoms with Crippen molar-refractivity contribution in [3.05, 3.63) is 24.2 Å². The van der Waals surface area contributed by atoms with E-state index >= 15 is 0 Å².